The molecule has 1 N–H and O–H groups in total. The molecule has 1 aromatic carbocycles. The number of ether oxygens (including phenoxy) is 1. The maximum absolute atomic E-state index is 12.5. The predicted octanol–water partition coefficient (Wildman–Crippen LogP) is 2.64. The normalized spacial score (nSPS) is 14.2. The maximum atomic E-state index is 12.5. The zero-order chi connectivity index (χ0) is 18.7. The number of rotatable bonds is 7. The minimum Gasteiger partial charge on any atom is -0.435 e. The van der Waals surface area contributed by atoms with Gasteiger partial charge >= 0.3 is 6.61 Å². The molecule has 3 rings (SSSR count). The van der Waals surface area contributed by atoms with Crippen LogP contribution in [0.25, 0.3) is 6.08 Å². The van der Waals surface area contributed by atoms with Crippen molar-refractivity contribution in [3.63, 3.8) is 0 Å². The summed E-state index contributed by atoms with van der Waals surface area (Å²) >= 11 is 0. The molecule has 1 aromatic heterocycles. The molecule has 0 aliphatic heterocycles. The Morgan fingerprint density at radius 3 is 2.73 bits per heavy atom. The summed E-state index contributed by atoms with van der Waals surface area (Å²) in [6, 6.07) is 4.45. The SMILES string of the molecule is CCc1nnc(CNS(=O)(=O)C2=Cc3ccc(OC(F)F)cc3CC2)o1. The lowest BCUT2D eigenvalue weighted by Crippen LogP contribution is -2.26. The monoisotopic (exact) mass is 385 g/mol. The average Bonchev–Trinajstić information content (AvgIpc) is 3.07. The Balaban J connectivity index is 1.73. The van der Waals surface area contributed by atoms with Gasteiger partial charge in [-0.05, 0) is 42.2 Å². The first-order chi connectivity index (χ1) is 12.4. The largest absolute Gasteiger partial charge is 0.435 e. The smallest absolute Gasteiger partial charge is 0.387 e. The number of nitrogens with one attached hydrogen (secondary N) is 1. The van der Waals surface area contributed by atoms with E-state index in [1.54, 1.807) is 6.07 Å². The van der Waals surface area contributed by atoms with Crippen molar-refractivity contribution in [2.75, 3.05) is 0 Å². The molecule has 0 spiro atoms. The molecule has 140 valence electrons. The quantitative estimate of drug-likeness (QED) is 0.787. The topological polar surface area (TPSA) is 94.3 Å². The van der Waals surface area contributed by atoms with Crippen molar-refractivity contribution in [2.45, 2.75) is 39.3 Å². The van der Waals surface area contributed by atoms with E-state index in [-0.39, 0.29) is 29.5 Å². The number of fused-ring (bicyclic) bond motifs is 1. The van der Waals surface area contributed by atoms with Crippen molar-refractivity contribution in [1.82, 2.24) is 14.9 Å². The Morgan fingerprint density at radius 1 is 1.27 bits per heavy atom. The van der Waals surface area contributed by atoms with Gasteiger partial charge in [-0.25, -0.2) is 13.1 Å². The number of halogens is 2. The maximum Gasteiger partial charge on any atom is 0.387 e. The number of aromatic nitrogens is 2. The van der Waals surface area contributed by atoms with E-state index in [0.717, 1.165) is 5.56 Å². The standard InChI is InChI=1S/C16H17F2N3O4S/c1-2-14-20-21-15(25-14)9-19-26(22,23)13-6-4-10-7-12(24-16(17)18)5-3-11(10)8-13/h3,5,7-8,16,19H,2,4,6,9H2,1H3. The van der Waals surface area contributed by atoms with Gasteiger partial charge in [0.25, 0.3) is 0 Å². The molecule has 0 unspecified atom stereocenters. The van der Waals surface area contributed by atoms with Crippen molar-refractivity contribution in [2.24, 2.45) is 0 Å². The lowest BCUT2D eigenvalue weighted by Gasteiger charge is -2.18. The molecule has 1 aliphatic rings. The number of hydrogen-bond acceptors (Lipinski definition) is 6. The van der Waals surface area contributed by atoms with Crippen LogP contribution < -0.4 is 9.46 Å². The van der Waals surface area contributed by atoms with Gasteiger partial charge in [-0.1, -0.05) is 13.0 Å². The average molecular weight is 385 g/mol. The molecule has 0 radical (unpaired) electrons. The van der Waals surface area contributed by atoms with E-state index in [1.807, 2.05) is 6.92 Å². The third-order valence-corrected chi connectivity index (χ3v) is 5.40. The molecular weight excluding hydrogens is 368 g/mol. The molecule has 0 saturated heterocycles. The van der Waals surface area contributed by atoms with Gasteiger partial charge in [-0.15, -0.1) is 10.2 Å². The van der Waals surface area contributed by atoms with Crippen molar-refractivity contribution >= 4 is 16.1 Å². The Kier molecular flexibility index (Phi) is 5.33. The van der Waals surface area contributed by atoms with Gasteiger partial charge in [0.1, 0.15) is 5.75 Å². The lowest BCUT2D eigenvalue weighted by molar-refractivity contribution is -0.0498. The highest BCUT2D eigenvalue weighted by molar-refractivity contribution is 7.93. The fourth-order valence-electron chi connectivity index (χ4n) is 2.58. The Hall–Kier alpha value is -2.33. The van der Waals surface area contributed by atoms with E-state index in [2.05, 4.69) is 19.7 Å². The molecule has 26 heavy (non-hydrogen) atoms. The highest BCUT2D eigenvalue weighted by Gasteiger charge is 2.23. The van der Waals surface area contributed by atoms with Gasteiger partial charge in [0, 0.05) is 6.42 Å². The summed E-state index contributed by atoms with van der Waals surface area (Å²) in [5, 5.41) is 7.54. The van der Waals surface area contributed by atoms with Gasteiger partial charge in [0.15, 0.2) is 0 Å². The van der Waals surface area contributed by atoms with Crippen LogP contribution in [0.4, 0.5) is 8.78 Å². The van der Waals surface area contributed by atoms with E-state index in [9.17, 15) is 17.2 Å². The fraction of sp³-hybridized carbons (Fsp3) is 0.375. The number of alkyl halides is 2. The summed E-state index contributed by atoms with van der Waals surface area (Å²) in [7, 11) is -3.72. The zero-order valence-corrected chi connectivity index (χ0v) is 14.7. The Morgan fingerprint density at radius 2 is 2.04 bits per heavy atom. The van der Waals surface area contributed by atoms with Crippen LogP contribution in [0, 0.1) is 0 Å². The van der Waals surface area contributed by atoms with Gasteiger partial charge in [0.2, 0.25) is 21.8 Å². The molecule has 0 fully saturated rings. The van der Waals surface area contributed by atoms with Crippen LogP contribution >= 0.6 is 0 Å². The van der Waals surface area contributed by atoms with E-state index >= 15 is 0 Å². The summed E-state index contributed by atoms with van der Waals surface area (Å²) in [5.41, 5.74) is 1.41. The van der Waals surface area contributed by atoms with Crippen LogP contribution in [0.1, 0.15) is 36.3 Å². The first-order valence-corrected chi connectivity index (χ1v) is 9.45. The van der Waals surface area contributed by atoms with Crippen LogP contribution in [0.3, 0.4) is 0 Å². The Bertz CT molecular complexity index is 925. The number of allylic oxidation sites excluding steroid dienone is 1. The summed E-state index contributed by atoms with van der Waals surface area (Å²) < 4.78 is 61.6. The second-order valence-electron chi connectivity index (χ2n) is 5.62. The van der Waals surface area contributed by atoms with Crippen LogP contribution in [-0.4, -0.2) is 25.2 Å². The van der Waals surface area contributed by atoms with Crippen molar-refractivity contribution in [3.8, 4) is 5.75 Å². The van der Waals surface area contributed by atoms with Crippen molar-refractivity contribution in [3.05, 3.63) is 46.0 Å². The summed E-state index contributed by atoms with van der Waals surface area (Å²) in [4.78, 5) is 0.211. The molecule has 10 heteroatoms. The van der Waals surface area contributed by atoms with Crippen molar-refractivity contribution < 1.29 is 26.4 Å². The highest BCUT2D eigenvalue weighted by atomic mass is 32.2. The zero-order valence-electron chi connectivity index (χ0n) is 13.9. The van der Waals surface area contributed by atoms with E-state index in [0.29, 0.717) is 24.3 Å². The Labute approximate surface area is 149 Å². The van der Waals surface area contributed by atoms with Crippen LogP contribution in [0.5, 0.6) is 5.75 Å². The first kappa shape index (κ1) is 18.5. The summed E-state index contributed by atoms with van der Waals surface area (Å²) in [6.45, 7) is -1.14. The molecule has 0 saturated carbocycles. The van der Waals surface area contributed by atoms with Gasteiger partial charge < -0.3 is 9.15 Å². The highest BCUT2D eigenvalue weighted by Crippen LogP contribution is 2.30. The van der Waals surface area contributed by atoms with Crippen LogP contribution in [0.15, 0.2) is 27.5 Å². The van der Waals surface area contributed by atoms with Crippen molar-refractivity contribution in [1.29, 1.82) is 0 Å². The molecule has 7 nitrogen and oxygen atoms in total. The van der Waals surface area contributed by atoms with Gasteiger partial charge in [-0.2, -0.15) is 8.78 Å². The van der Waals surface area contributed by atoms with E-state index in [1.165, 1.54) is 18.2 Å². The number of hydrogen-bond donors (Lipinski definition) is 1. The van der Waals surface area contributed by atoms with Crippen LogP contribution in [0.2, 0.25) is 0 Å². The van der Waals surface area contributed by atoms with Crippen LogP contribution in [-0.2, 0) is 29.4 Å². The van der Waals surface area contributed by atoms with Gasteiger partial charge in [-0.3, -0.25) is 0 Å². The second kappa shape index (κ2) is 7.50. The number of aryl methyl sites for hydroxylation is 2. The van der Waals surface area contributed by atoms with E-state index < -0.39 is 16.6 Å². The molecular formula is C16H17F2N3O4S. The first-order valence-electron chi connectivity index (χ1n) is 7.96. The van der Waals surface area contributed by atoms with E-state index in [4.69, 9.17) is 4.42 Å². The molecule has 0 bridgehead atoms. The molecule has 2 aromatic rings. The molecule has 0 amide bonds. The molecule has 1 aliphatic carbocycles. The van der Waals surface area contributed by atoms with Gasteiger partial charge in [0.05, 0.1) is 11.4 Å². The molecule has 1 heterocycles. The lowest BCUT2D eigenvalue weighted by atomic mass is 9.97. The third kappa shape index (κ3) is 4.25. The minimum atomic E-state index is -3.72. The second-order valence-corrected chi connectivity index (χ2v) is 7.44. The number of nitrogens with zero attached hydrogens (tertiary/aromatic N) is 2. The fourth-order valence-corrected chi connectivity index (χ4v) is 3.73. The summed E-state index contributed by atoms with van der Waals surface area (Å²) in [6.07, 6.45) is 2.76. The molecule has 0 atom stereocenters. The third-order valence-electron chi connectivity index (χ3n) is 3.87. The predicted molar refractivity (Wildman–Crippen MR) is 88.8 cm³/mol. The minimum absolute atomic E-state index is 0.0553. The summed E-state index contributed by atoms with van der Waals surface area (Å²) in [5.74, 6) is 0.683. The number of benzene rings is 1. The number of sulfonamides is 1.